The maximum Gasteiger partial charge on any atom is 0.426 e. The molecule has 0 spiro atoms. The van der Waals surface area contributed by atoms with E-state index in [-0.39, 0.29) is 142 Å². The van der Waals surface area contributed by atoms with Crippen molar-refractivity contribution in [2.75, 3.05) is 51.5 Å². The normalized spacial score (nSPS) is 15.3. The van der Waals surface area contributed by atoms with Gasteiger partial charge >= 0.3 is 47.9 Å². The van der Waals surface area contributed by atoms with E-state index in [1.54, 1.807) is 72.8 Å². The third-order valence-electron chi connectivity index (χ3n) is 23.1. The molecule has 0 radical (unpaired) electrons. The van der Waals surface area contributed by atoms with Crippen LogP contribution in [0.15, 0.2) is 90.3 Å². The Balaban J connectivity index is 1.11. The molecule has 41 nitrogen and oxygen atoms in total. The average Bonchev–Trinajstić information content (AvgIpc) is 1.20. The molecule has 0 saturated carbocycles. The number of likely N-dealkylation sites (tertiary alicyclic amines) is 1. The number of ether oxygens (including phenoxy) is 4. The number of benzene rings is 3. The standard InChI is InChI=1S/C94H133N13O28S3/c1-9-23-84(120)133-54-107(90(125)67(57(5)10-2)48-77(113)73-28-20-22-39-106(73)8)74(56(3)4)50-78(135-59(7)109)89-101-72(53-136-89)88(124)98-65(44-62-30-32-66(110)33-31-62)42-58(6)85(121)104-105-94(131)132-40-41-137-138-52-64(91(126)127)47-76(112)71(49-83(118)119)100-87(123)68(95)51-97-86(122)63(43-60-24-15-13-16-25-60)46-75(111)70(45-61-26-17-14-18-27-61)99-80(115)29-19-11-12-21-38-96-79(114)35-34-69(92(128)129)102-93(130)103-81(134-55-108)36-37-82(116)117/h13-18,24-27,30-33,53,55-58,63-65,67-71,73-74,78,81,110H,9-12,19-23,28-29,34-52,54,95H2,1-8H3,(H,96,114)(H,97,122)(H,98,124)(H,99,115)(H,100,123)(H,104,121)(H,105,131)(H,116,117)(H,118,119)(H,126,127)(H,128,129)(H2,102,103,130)/t57?,58-,63+,64-,65+,67-,68-,69-,70-,71-,73+,74+,78+,81+/m0/s1. The van der Waals surface area contributed by atoms with E-state index in [0.717, 1.165) is 52.3 Å². The van der Waals surface area contributed by atoms with Crippen molar-refractivity contribution in [3.8, 4) is 5.75 Å². The molecule has 10 amide bonds. The molecule has 5 rings (SSSR count). The molecule has 4 aromatic rings. The number of likely N-dealkylation sites (N-methyl/N-ethyl adjacent to an activating group) is 1. The molecule has 14 atom stereocenters. The number of aliphatic carboxylic acids is 4. The van der Waals surface area contributed by atoms with Gasteiger partial charge in [-0.1, -0.05) is 162 Å². The van der Waals surface area contributed by atoms with Crippen molar-refractivity contribution in [1.29, 1.82) is 0 Å². The number of ketones is 3. The monoisotopic (exact) mass is 1990 g/mol. The second kappa shape index (κ2) is 62.6. The number of Topliss-reactive ketones (excluding diaryl/α,β-unsaturated/α-hetero) is 3. The fraction of sp³-hybridized carbons (Fsp3) is 0.574. The number of aromatic nitrogens is 1. The van der Waals surface area contributed by atoms with Gasteiger partial charge in [0, 0.05) is 118 Å². The number of hydrogen-bond acceptors (Lipinski definition) is 30. The number of thiazole rings is 1. The zero-order valence-corrected chi connectivity index (χ0v) is 81.5. The summed E-state index contributed by atoms with van der Waals surface area (Å²) in [7, 11) is 3.92. The second-order valence-corrected chi connectivity index (χ2v) is 37.9. The SMILES string of the molecule is CCCC(=O)OCN(C(=O)[C@@H](CC(=O)[C@H]1CCCCN1C)C(C)CC)[C@H](C[C@@H](OC(C)=O)c1nc(C(=O)N[C@@H](Cc2ccc(O)cc2)C[C@H](C)C(=O)NNC(=O)OCCSSC[C@H](CC(=O)[C@H](CC(=O)O)NC(=O)[C@@H](N)CNC(=O)[C@@H](CC(=O)[C@H](Cc2ccccc2)NC(=O)CCCCCCNC(=O)CC[C@H](NC(=O)N[C@@H](CCC(=O)O)OC=O)C(=O)O)Cc2ccccc2)C(=O)O)cs1)C(C)C. The Morgan fingerprint density at radius 2 is 1.30 bits per heavy atom. The van der Waals surface area contributed by atoms with Gasteiger partial charge in [0.05, 0.1) is 36.9 Å². The summed E-state index contributed by atoms with van der Waals surface area (Å²) in [5, 5.41) is 67.9. The predicted molar refractivity (Wildman–Crippen MR) is 507 cm³/mol. The number of hydrogen-bond donors (Lipinski definition) is 15. The molecule has 1 aliphatic rings. The van der Waals surface area contributed by atoms with Crippen LogP contribution in [0.1, 0.15) is 222 Å². The third-order valence-corrected chi connectivity index (χ3v) is 26.5. The Kier molecular flexibility index (Phi) is 52.8. The van der Waals surface area contributed by atoms with Gasteiger partial charge in [0.2, 0.25) is 35.4 Å². The number of hydrazine groups is 1. The predicted octanol–water partition coefficient (Wildman–Crippen LogP) is 7.18. The van der Waals surface area contributed by atoms with Crippen molar-refractivity contribution in [2.45, 2.75) is 257 Å². The number of nitrogens with two attached hydrogens (primary N) is 1. The molecule has 1 aliphatic heterocycles. The van der Waals surface area contributed by atoms with Crippen LogP contribution in [0.3, 0.4) is 0 Å². The number of amides is 10. The highest BCUT2D eigenvalue weighted by Crippen LogP contribution is 2.35. The number of carboxylic acids is 4. The highest BCUT2D eigenvalue weighted by Gasteiger charge is 2.41. The maximum atomic E-state index is 15.1. The van der Waals surface area contributed by atoms with Crippen LogP contribution in [0.2, 0.25) is 0 Å². The van der Waals surface area contributed by atoms with E-state index in [1.165, 1.54) is 36.3 Å². The van der Waals surface area contributed by atoms with Crippen LogP contribution in [0.5, 0.6) is 5.75 Å². The van der Waals surface area contributed by atoms with Crippen molar-refractivity contribution < 1.29 is 136 Å². The number of esters is 2. The van der Waals surface area contributed by atoms with Crippen LogP contribution in [0, 0.1) is 35.5 Å². The summed E-state index contributed by atoms with van der Waals surface area (Å²) in [5.41, 5.74) is 12.6. The molecule has 1 unspecified atom stereocenters. The summed E-state index contributed by atoms with van der Waals surface area (Å²) in [5.74, 6) is -18.0. The Morgan fingerprint density at radius 3 is 1.92 bits per heavy atom. The van der Waals surface area contributed by atoms with Crippen LogP contribution in [0.25, 0.3) is 0 Å². The zero-order chi connectivity index (χ0) is 102. The van der Waals surface area contributed by atoms with E-state index >= 15 is 4.79 Å². The minimum Gasteiger partial charge on any atom is -0.508 e. The van der Waals surface area contributed by atoms with E-state index in [4.69, 9.17) is 25.1 Å². The number of piperidine rings is 1. The first kappa shape index (κ1) is 116. The first-order chi connectivity index (χ1) is 65.7. The topological polar surface area (TPSA) is 616 Å². The van der Waals surface area contributed by atoms with Gasteiger partial charge < -0.3 is 92.3 Å². The van der Waals surface area contributed by atoms with Crippen molar-refractivity contribution in [2.24, 2.45) is 41.2 Å². The second-order valence-electron chi connectivity index (χ2n) is 34.4. The molecular weight excluding hydrogens is 1860 g/mol. The summed E-state index contributed by atoms with van der Waals surface area (Å²) in [4.78, 5) is 257. The molecule has 1 aromatic heterocycles. The lowest BCUT2D eigenvalue weighted by molar-refractivity contribution is -0.162. The summed E-state index contributed by atoms with van der Waals surface area (Å²) >= 11 is 1.02. The van der Waals surface area contributed by atoms with Crippen LogP contribution in [0.4, 0.5) is 9.59 Å². The van der Waals surface area contributed by atoms with E-state index in [9.17, 15) is 107 Å². The van der Waals surface area contributed by atoms with Crippen LogP contribution in [-0.4, -0.2) is 253 Å². The molecule has 1 saturated heterocycles. The molecular formula is C94H133N13O28S3. The first-order valence-corrected chi connectivity index (χ1v) is 49.5. The highest BCUT2D eigenvalue weighted by atomic mass is 33.1. The molecule has 2 heterocycles. The Labute approximate surface area is 813 Å². The molecule has 3 aromatic carbocycles. The van der Waals surface area contributed by atoms with E-state index < -0.39 is 212 Å². The quantitative estimate of drug-likeness (QED) is 0.00396. The minimum absolute atomic E-state index is 0.00473. The largest absolute Gasteiger partial charge is 0.508 e. The smallest absolute Gasteiger partial charge is 0.426 e. The number of nitrogens with zero attached hydrogens (tertiary/aromatic N) is 3. The molecule has 0 bridgehead atoms. The van der Waals surface area contributed by atoms with Gasteiger partial charge in [-0.2, -0.15) is 0 Å². The molecule has 0 aliphatic carbocycles. The Hall–Kier alpha value is -12.2. The number of unbranched alkanes of at least 4 members (excludes halogenated alkanes) is 3. The maximum absolute atomic E-state index is 15.1. The highest BCUT2D eigenvalue weighted by molar-refractivity contribution is 8.76. The van der Waals surface area contributed by atoms with Gasteiger partial charge in [-0.15, -0.1) is 11.3 Å². The van der Waals surface area contributed by atoms with Gasteiger partial charge in [-0.05, 0) is 118 Å². The van der Waals surface area contributed by atoms with Gasteiger partial charge in [-0.3, -0.25) is 87.0 Å². The van der Waals surface area contributed by atoms with Crippen molar-refractivity contribution >= 4 is 146 Å². The van der Waals surface area contributed by atoms with Crippen LogP contribution >= 0.6 is 32.9 Å². The van der Waals surface area contributed by atoms with Gasteiger partial charge in [0.25, 0.3) is 12.4 Å². The molecule has 44 heteroatoms. The summed E-state index contributed by atoms with van der Waals surface area (Å²) in [6, 6.07) is 14.5. The van der Waals surface area contributed by atoms with Gasteiger partial charge in [-0.25, -0.2) is 24.8 Å². The molecule has 138 heavy (non-hydrogen) atoms. The lowest BCUT2D eigenvalue weighted by Gasteiger charge is -2.39. The number of nitrogens with one attached hydrogen (secondary N) is 9. The molecule has 1 fully saturated rings. The summed E-state index contributed by atoms with van der Waals surface area (Å²) in [6.07, 6.45) is -1.44. The van der Waals surface area contributed by atoms with Crippen molar-refractivity contribution in [3.63, 3.8) is 0 Å². The van der Waals surface area contributed by atoms with Crippen molar-refractivity contribution in [1.82, 2.24) is 62.9 Å². The molecule has 760 valence electrons. The summed E-state index contributed by atoms with van der Waals surface area (Å²) < 4.78 is 21.5. The Bertz CT molecular complexity index is 4670. The van der Waals surface area contributed by atoms with Gasteiger partial charge in [0.1, 0.15) is 35.1 Å². The number of urea groups is 1. The average molecular weight is 1990 g/mol. The zero-order valence-electron chi connectivity index (χ0n) is 79.1. The number of aromatic hydroxyl groups is 1. The number of rotatable bonds is 66. The lowest BCUT2D eigenvalue weighted by Crippen LogP contribution is -2.53. The minimum atomic E-state index is -1.79. The van der Waals surface area contributed by atoms with Crippen LogP contribution < -0.4 is 53.8 Å². The summed E-state index contributed by atoms with van der Waals surface area (Å²) in [6.45, 7) is 11.8. The van der Waals surface area contributed by atoms with Gasteiger partial charge in [0.15, 0.2) is 36.4 Å². The van der Waals surface area contributed by atoms with E-state index in [2.05, 4.69) is 57.8 Å². The van der Waals surface area contributed by atoms with Crippen LogP contribution in [-0.2, 0) is 115 Å². The number of phenols is 1. The number of carboxylic acid groups (broad SMARTS) is 4. The lowest BCUT2D eigenvalue weighted by atomic mass is 9.82. The number of carbonyl (C=O) groups is 19. The van der Waals surface area contributed by atoms with Crippen molar-refractivity contribution in [3.05, 3.63) is 118 Å². The Morgan fingerprint density at radius 1 is 0.638 bits per heavy atom. The number of carbonyl (C=O) groups excluding carboxylic acids is 15. The molecule has 16 N–H and O–H groups in total. The number of phenolic OH excluding ortho intramolecular Hbond substituents is 1. The van der Waals surface area contributed by atoms with E-state index in [1.807, 2.05) is 46.6 Å². The van der Waals surface area contributed by atoms with E-state index in [0.29, 0.717) is 61.6 Å². The fourth-order valence-corrected chi connectivity index (χ4v) is 18.1. The fourth-order valence-electron chi connectivity index (χ4n) is 15.2. The third kappa shape index (κ3) is 44.1. The first-order valence-electron chi connectivity index (χ1n) is 46.1.